The Kier molecular flexibility index (Phi) is 4.75. The lowest BCUT2D eigenvalue weighted by Gasteiger charge is -2.12. The van der Waals surface area contributed by atoms with Crippen LogP contribution in [0.15, 0.2) is 65.4 Å². The first kappa shape index (κ1) is 16.0. The van der Waals surface area contributed by atoms with Crippen molar-refractivity contribution in [3.8, 4) is 11.3 Å². The molecule has 0 unspecified atom stereocenters. The lowest BCUT2D eigenvalue weighted by Crippen LogP contribution is -2.28. The molecule has 4 heteroatoms. The van der Waals surface area contributed by atoms with Gasteiger partial charge in [0.05, 0.1) is 0 Å². The van der Waals surface area contributed by atoms with Crippen LogP contribution in [0, 0.1) is 6.92 Å². The first-order chi connectivity index (χ1) is 11.6. The van der Waals surface area contributed by atoms with Gasteiger partial charge in [-0.15, -0.1) is 0 Å². The maximum Gasteiger partial charge on any atom is 0.273 e. The van der Waals surface area contributed by atoms with Crippen molar-refractivity contribution in [3.63, 3.8) is 0 Å². The molecule has 0 saturated heterocycles. The zero-order valence-electron chi connectivity index (χ0n) is 13.8. The summed E-state index contributed by atoms with van der Waals surface area (Å²) in [5.74, 6) is 0.510. The SMILES string of the molecule is Cc1cccc(-c2ocnc2C(=O)NC[C@@H](C)c2ccccc2)c1. The number of benzene rings is 2. The van der Waals surface area contributed by atoms with E-state index >= 15 is 0 Å². The lowest BCUT2D eigenvalue weighted by atomic mass is 10.0. The van der Waals surface area contributed by atoms with Crippen LogP contribution in [0.4, 0.5) is 0 Å². The number of amides is 1. The number of hydrogen-bond donors (Lipinski definition) is 1. The van der Waals surface area contributed by atoms with Gasteiger partial charge in [0.15, 0.2) is 17.8 Å². The van der Waals surface area contributed by atoms with Crippen LogP contribution in [0.2, 0.25) is 0 Å². The summed E-state index contributed by atoms with van der Waals surface area (Å²) in [6.07, 6.45) is 1.31. The largest absolute Gasteiger partial charge is 0.443 e. The molecule has 3 rings (SSSR count). The second-order valence-electron chi connectivity index (χ2n) is 5.92. The van der Waals surface area contributed by atoms with Gasteiger partial charge in [-0.25, -0.2) is 4.98 Å². The number of aryl methyl sites for hydroxylation is 1. The number of oxazole rings is 1. The number of carbonyl (C=O) groups excluding carboxylic acids is 1. The van der Waals surface area contributed by atoms with Gasteiger partial charge >= 0.3 is 0 Å². The van der Waals surface area contributed by atoms with Gasteiger partial charge in [0, 0.05) is 12.1 Å². The van der Waals surface area contributed by atoms with E-state index in [1.807, 2.05) is 49.4 Å². The molecule has 0 saturated carbocycles. The van der Waals surface area contributed by atoms with Crippen LogP contribution in [-0.4, -0.2) is 17.4 Å². The molecule has 0 bridgehead atoms. The number of carbonyl (C=O) groups is 1. The summed E-state index contributed by atoms with van der Waals surface area (Å²) in [6, 6.07) is 17.9. The van der Waals surface area contributed by atoms with Crippen molar-refractivity contribution in [2.45, 2.75) is 19.8 Å². The Morgan fingerprint density at radius 2 is 1.96 bits per heavy atom. The van der Waals surface area contributed by atoms with Gasteiger partial charge in [-0.2, -0.15) is 0 Å². The maximum absolute atomic E-state index is 12.5. The Labute approximate surface area is 141 Å². The minimum absolute atomic E-state index is 0.219. The summed E-state index contributed by atoms with van der Waals surface area (Å²) >= 11 is 0. The van der Waals surface area contributed by atoms with Crippen LogP contribution in [0.1, 0.15) is 34.5 Å². The van der Waals surface area contributed by atoms with Crippen molar-refractivity contribution in [2.24, 2.45) is 0 Å². The van der Waals surface area contributed by atoms with E-state index in [-0.39, 0.29) is 11.8 Å². The molecule has 122 valence electrons. The Morgan fingerprint density at radius 1 is 1.17 bits per heavy atom. The molecule has 1 amide bonds. The smallest absolute Gasteiger partial charge is 0.273 e. The fourth-order valence-corrected chi connectivity index (χ4v) is 2.63. The standard InChI is InChI=1S/C20H20N2O2/c1-14-7-6-10-17(11-14)19-18(22-13-24-19)20(23)21-12-15(2)16-8-4-3-5-9-16/h3-11,13,15H,12H2,1-2H3,(H,21,23)/t15-/m1/s1. The van der Waals surface area contributed by atoms with E-state index in [0.717, 1.165) is 11.1 Å². The molecular weight excluding hydrogens is 300 g/mol. The number of aromatic nitrogens is 1. The first-order valence-corrected chi connectivity index (χ1v) is 7.99. The monoisotopic (exact) mass is 320 g/mol. The Morgan fingerprint density at radius 3 is 2.71 bits per heavy atom. The van der Waals surface area contributed by atoms with Crippen LogP contribution in [0.5, 0.6) is 0 Å². The summed E-state index contributed by atoms with van der Waals surface area (Å²) in [6.45, 7) is 4.63. The first-order valence-electron chi connectivity index (χ1n) is 7.99. The van der Waals surface area contributed by atoms with Gasteiger partial charge in [0.25, 0.3) is 5.91 Å². The number of rotatable bonds is 5. The third-order valence-corrected chi connectivity index (χ3v) is 4.00. The molecule has 1 heterocycles. The summed E-state index contributed by atoms with van der Waals surface area (Å²) in [5.41, 5.74) is 3.47. The van der Waals surface area contributed by atoms with E-state index in [2.05, 4.69) is 29.4 Å². The minimum Gasteiger partial charge on any atom is -0.443 e. The molecule has 0 aliphatic rings. The Hall–Kier alpha value is -2.88. The summed E-state index contributed by atoms with van der Waals surface area (Å²) < 4.78 is 5.45. The van der Waals surface area contributed by atoms with Gasteiger partial charge < -0.3 is 9.73 Å². The van der Waals surface area contributed by atoms with Crippen molar-refractivity contribution >= 4 is 5.91 Å². The van der Waals surface area contributed by atoms with Gasteiger partial charge in [-0.05, 0) is 24.5 Å². The topological polar surface area (TPSA) is 55.1 Å². The average Bonchev–Trinajstić information content (AvgIpc) is 3.10. The predicted octanol–water partition coefficient (Wildman–Crippen LogP) is 4.18. The van der Waals surface area contributed by atoms with E-state index in [1.165, 1.54) is 12.0 Å². The summed E-state index contributed by atoms with van der Waals surface area (Å²) in [4.78, 5) is 16.6. The van der Waals surface area contributed by atoms with Crippen LogP contribution in [-0.2, 0) is 0 Å². The highest BCUT2D eigenvalue weighted by molar-refractivity contribution is 5.97. The zero-order valence-corrected chi connectivity index (χ0v) is 13.8. The molecule has 1 atom stereocenters. The quantitative estimate of drug-likeness (QED) is 0.767. The third-order valence-electron chi connectivity index (χ3n) is 4.00. The van der Waals surface area contributed by atoms with Gasteiger partial charge in [0.2, 0.25) is 0 Å². The van der Waals surface area contributed by atoms with E-state index in [9.17, 15) is 4.79 Å². The number of nitrogens with one attached hydrogen (secondary N) is 1. The van der Waals surface area contributed by atoms with E-state index < -0.39 is 0 Å². The van der Waals surface area contributed by atoms with Crippen molar-refractivity contribution in [1.82, 2.24) is 10.3 Å². The van der Waals surface area contributed by atoms with Crippen LogP contribution in [0.25, 0.3) is 11.3 Å². The second-order valence-corrected chi connectivity index (χ2v) is 5.92. The molecule has 4 nitrogen and oxygen atoms in total. The molecule has 2 aromatic carbocycles. The van der Waals surface area contributed by atoms with Crippen molar-refractivity contribution < 1.29 is 9.21 Å². The highest BCUT2D eigenvalue weighted by Gasteiger charge is 2.19. The van der Waals surface area contributed by atoms with Gasteiger partial charge in [0.1, 0.15) is 0 Å². The molecule has 0 fully saturated rings. The summed E-state index contributed by atoms with van der Waals surface area (Å²) in [7, 11) is 0. The summed E-state index contributed by atoms with van der Waals surface area (Å²) in [5, 5.41) is 2.95. The molecule has 3 aromatic rings. The lowest BCUT2D eigenvalue weighted by molar-refractivity contribution is 0.0947. The van der Waals surface area contributed by atoms with Crippen molar-refractivity contribution in [2.75, 3.05) is 6.54 Å². The van der Waals surface area contributed by atoms with Crippen molar-refractivity contribution in [3.05, 3.63) is 77.8 Å². The highest BCUT2D eigenvalue weighted by Crippen LogP contribution is 2.24. The van der Waals surface area contributed by atoms with Crippen LogP contribution >= 0.6 is 0 Å². The van der Waals surface area contributed by atoms with Crippen LogP contribution in [0.3, 0.4) is 0 Å². The molecule has 0 aliphatic heterocycles. The van der Waals surface area contributed by atoms with E-state index in [4.69, 9.17) is 4.42 Å². The normalized spacial score (nSPS) is 11.9. The highest BCUT2D eigenvalue weighted by atomic mass is 16.3. The third kappa shape index (κ3) is 3.54. The Balaban J connectivity index is 1.71. The van der Waals surface area contributed by atoms with Crippen LogP contribution < -0.4 is 5.32 Å². The van der Waals surface area contributed by atoms with Gasteiger partial charge in [-0.1, -0.05) is 61.0 Å². The second kappa shape index (κ2) is 7.13. The van der Waals surface area contributed by atoms with E-state index in [0.29, 0.717) is 18.0 Å². The average molecular weight is 320 g/mol. The Bertz CT molecular complexity index is 824. The number of nitrogens with zero attached hydrogens (tertiary/aromatic N) is 1. The molecule has 0 radical (unpaired) electrons. The zero-order chi connectivity index (χ0) is 16.9. The molecule has 0 spiro atoms. The maximum atomic E-state index is 12.5. The minimum atomic E-state index is -0.219. The number of hydrogen-bond acceptors (Lipinski definition) is 3. The molecule has 0 aliphatic carbocycles. The van der Waals surface area contributed by atoms with Crippen molar-refractivity contribution in [1.29, 1.82) is 0 Å². The van der Waals surface area contributed by atoms with Gasteiger partial charge in [-0.3, -0.25) is 4.79 Å². The van der Waals surface area contributed by atoms with E-state index in [1.54, 1.807) is 0 Å². The predicted molar refractivity (Wildman–Crippen MR) is 93.9 cm³/mol. The fraction of sp³-hybridized carbons (Fsp3) is 0.200. The molecule has 24 heavy (non-hydrogen) atoms. The molecule has 1 aromatic heterocycles. The molecule has 1 N–H and O–H groups in total. The molecular formula is C20H20N2O2. The fourth-order valence-electron chi connectivity index (χ4n) is 2.63.